The number of ether oxygens (including phenoxy) is 1. The fourth-order valence-corrected chi connectivity index (χ4v) is 3.25. The average Bonchev–Trinajstić information content (AvgIpc) is 2.74. The van der Waals surface area contributed by atoms with Crippen LogP contribution in [0.4, 0.5) is 0 Å². The highest BCUT2D eigenvalue weighted by atomic mass is 16.5. The summed E-state index contributed by atoms with van der Waals surface area (Å²) in [5.74, 6) is 0. The van der Waals surface area contributed by atoms with Crippen molar-refractivity contribution in [3.05, 3.63) is 17.5 Å². The second kappa shape index (κ2) is 5.73. The van der Waals surface area contributed by atoms with Crippen molar-refractivity contribution in [2.24, 2.45) is 12.5 Å². The highest BCUT2D eigenvalue weighted by molar-refractivity contribution is 5.24. The van der Waals surface area contributed by atoms with Gasteiger partial charge in [-0.1, -0.05) is 34.6 Å². The van der Waals surface area contributed by atoms with E-state index in [1.54, 1.807) is 0 Å². The molecule has 1 N–H and O–H groups in total. The zero-order valence-corrected chi connectivity index (χ0v) is 14.7. The van der Waals surface area contributed by atoms with Gasteiger partial charge in [0, 0.05) is 48.8 Å². The minimum atomic E-state index is 0.0846. The van der Waals surface area contributed by atoms with Crippen LogP contribution in [0.2, 0.25) is 0 Å². The van der Waals surface area contributed by atoms with E-state index in [1.165, 1.54) is 11.3 Å². The van der Waals surface area contributed by atoms with Crippen LogP contribution >= 0.6 is 0 Å². The first kappa shape index (κ1) is 16.5. The van der Waals surface area contributed by atoms with Gasteiger partial charge in [0.1, 0.15) is 0 Å². The molecule has 2 rings (SSSR count). The summed E-state index contributed by atoms with van der Waals surface area (Å²) in [6.45, 7) is 15.0. The van der Waals surface area contributed by atoms with Crippen LogP contribution < -0.4 is 5.32 Å². The monoisotopic (exact) mass is 293 g/mol. The van der Waals surface area contributed by atoms with Crippen molar-refractivity contribution in [3.8, 4) is 0 Å². The normalized spacial score (nSPS) is 24.9. The number of aromatic nitrogens is 2. The van der Waals surface area contributed by atoms with E-state index in [4.69, 9.17) is 4.74 Å². The minimum absolute atomic E-state index is 0.0846. The molecule has 4 nitrogen and oxygen atoms in total. The minimum Gasteiger partial charge on any atom is -0.378 e. The molecule has 2 atom stereocenters. The van der Waals surface area contributed by atoms with Crippen LogP contribution in [0.1, 0.15) is 59.2 Å². The third-order valence-electron chi connectivity index (χ3n) is 4.70. The van der Waals surface area contributed by atoms with Gasteiger partial charge in [0.15, 0.2) is 0 Å². The van der Waals surface area contributed by atoms with E-state index in [0.29, 0.717) is 12.1 Å². The molecule has 1 saturated carbocycles. The van der Waals surface area contributed by atoms with Crippen LogP contribution in [0.25, 0.3) is 0 Å². The van der Waals surface area contributed by atoms with Gasteiger partial charge in [0.05, 0.1) is 11.8 Å². The zero-order chi connectivity index (χ0) is 15.8. The van der Waals surface area contributed by atoms with Gasteiger partial charge < -0.3 is 10.1 Å². The van der Waals surface area contributed by atoms with Crippen molar-refractivity contribution >= 4 is 0 Å². The Morgan fingerprint density at radius 3 is 2.62 bits per heavy atom. The maximum absolute atomic E-state index is 5.80. The van der Waals surface area contributed by atoms with Crippen molar-refractivity contribution in [3.63, 3.8) is 0 Å². The second-order valence-corrected chi connectivity index (χ2v) is 7.86. The lowest BCUT2D eigenvalue weighted by molar-refractivity contribution is -0.114. The van der Waals surface area contributed by atoms with Crippen LogP contribution in [0.15, 0.2) is 6.20 Å². The van der Waals surface area contributed by atoms with Gasteiger partial charge in [-0.3, -0.25) is 4.68 Å². The number of nitrogens with zero attached hydrogens (tertiary/aromatic N) is 2. The molecule has 21 heavy (non-hydrogen) atoms. The summed E-state index contributed by atoms with van der Waals surface area (Å²) in [5, 5.41) is 8.34. The molecule has 0 bridgehead atoms. The van der Waals surface area contributed by atoms with E-state index >= 15 is 0 Å². The van der Waals surface area contributed by atoms with Crippen LogP contribution in [0.5, 0.6) is 0 Å². The molecule has 1 aliphatic rings. The molecule has 1 aliphatic carbocycles. The molecule has 1 aromatic rings. The molecule has 0 saturated heterocycles. The van der Waals surface area contributed by atoms with E-state index in [-0.39, 0.29) is 10.8 Å². The van der Waals surface area contributed by atoms with E-state index in [1.807, 2.05) is 11.7 Å². The molecule has 0 spiro atoms. The number of nitrogens with one attached hydrogen (secondary N) is 1. The zero-order valence-electron chi connectivity index (χ0n) is 14.7. The van der Waals surface area contributed by atoms with E-state index < -0.39 is 0 Å². The summed E-state index contributed by atoms with van der Waals surface area (Å²) in [6.07, 6.45) is 3.63. The van der Waals surface area contributed by atoms with Gasteiger partial charge >= 0.3 is 0 Å². The standard InChI is InChI=1S/C17H31N3O/c1-8-21-14-9-13(17(14,5)6)18-10-12-11-20(7)19-15(12)16(2,3)4/h11,13-14,18H,8-10H2,1-7H3. The van der Waals surface area contributed by atoms with Crippen LogP contribution in [0, 0.1) is 5.41 Å². The summed E-state index contributed by atoms with van der Waals surface area (Å²) < 4.78 is 7.72. The molecule has 0 aromatic carbocycles. The molecule has 0 radical (unpaired) electrons. The lowest BCUT2D eigenvalue weighted by Gasteiger charge is -2.52. The second-order valence-electron chi connectivity index (χ2n) is 7.86. The Morgan fingerprint density at radius 1 is 1.43 bits per heavy atom. The Kier molecular flexibility index (Phi) is 4.50. The Balaban J connectivity index is 1.99. The fourth-order valence-electron chi connectivity index (χ4n) is 3.25. The van der Waals surface area contributed by atoms with Gasteiger partial charge in [-0.15, -0.1) is 0 Å². The number of aryl methyl sites for hydroxylation is 1. The topological polar surface area (TPSA) is 39.1 Å². The Hall–Kier alpha value is -0.870. The third kappa shape index (κ3) is 3.32. The lowest BCUT2D eigenvalue weighted by atomic mass is 9.64. The first-order valence-electron chi connectivity index (χ1n) is 8.04. The molecular formula is C17H31N3O. The van der Waals surface area contributed by atoms with E-state index in [9.17, 15) is 0 Å². The van der Waals surface area contributed by atoms with Gasteiger partial charge in [-0.25, -0.2) is 0 Å². The maximum Gasteiger partial charge on any atom is 0.0722 e. The average molecular weight is 293 g/mol. The van der Waals surface area contributed by atoms with Gasteiger partial charge in [0.25, 0.3) is 0 Å². The molecule has 2 unspecified atom stereocenters. The molecule has 1 fully saturated rings. The maximum atomic E-state index is 5.80. The van der Waals surface area contributed by atoms with Crippen LogP contribution in [0.3, 0.4) is 0 Å². The van der Waals surface area contributed by atoms with Crippen LogP contribution in [-0.2, 0) is 23.7 Å². The summed E-state index contributed by atoms with van der Waals surface area (Å²) in [5.41, 5.74) is 2.79. The van der Waals surface area contributed by atoms with Crippen molar-refractivity contribution in [2.45, 2.75) is 72.1 Å². The number of rotatable bonds is 5. The first-order valence-corrected chi connectivity index (χ1v) is 8.04. The Morgan fingerprint density at radius 2 is 2.10 bits per heavy atom. The highest BCUT2D eigenvalue weighted by Gasteiger charge is 2.48. The Labute approximate surface area is 129 Å². The fraction of sp³-hybridized carbons (Fsp3) is 0.824. The molecule has 0 aliphatic heterocycles. The SMILES string of the molecule is CCOC1CC(NCc2cn(C)nc2C(C)(C)C)C1(C)C. The summed E-state index contributed by atoms with van der Waals surface area (Å²) >= 11 is 0. The predicted molar refractivity (Wildman–Crippen MR) is 86.3 cm³/mol. The summed E-state index contributed by atoms with van der Waals surface area (Å²) in [6, 6.07) is 0.516. The number of hydrogen-bond donors (Lipinski definition) is 1. The summed E-state index contributed by atoms with van der Waals surface area (Å²) in [4.78, 5) is 0. The lowest BCUT2D eigenvalue weighted by Crippen LogP contribution is -2.60. The molecule has 4 heteroatoms. The third-order valence-corrected chi connectivity index (χ3v) is 4.70. The van der Waals surface area contributed by atoms with E-state index in [2.05, 4.69) is 58.2 Å². The first-order chi connectivity index (χ1) is 9.66. The largest absolute Gasteiger partial charge is 0.378 e. The molecule has 120 valence electrons. The van der Waals surface area contributed by atoms with Gasteiger partial charge in [-0.2, -0.15) is 5.10 Å². The van der Waals surface area contributed by atoms with E-state index in [0.717, 1.165) is 19.6 Å². The van der Waals surface area contributed by atoms with Gasteiger partial charge in [-0.05, 0) is 13.3 Å². The number of hydrogen-bond acceptors (Lipinski definition) is 3. The molecule has 0 amide bonds. The van der Waals surface area contributed by atoms with Gasteiger partial charge in [0.2, 0.25) is 0 Å². The van der Waals surface area contributed by atoms with Crippen molar-refractivity contribution in [1.82, 2.24) is 15.1 Å². The molecular weight excluding hydrogens is 262 g/mol. The highest BCUT2D eigenvalue weighted by Crippen LogP contribution is 2.43. The quantitative estimate of drug-likeness (QED) is 0.907. The predicted octanol–water partition coefficient (Wildman–Crippen LogP) is 3.01. The Bertz CT molecular complexity index is 485. The van der Waals surface area contributed by atoms with Crippen molar-refractivity contribution in [2.75, 3.05) is 6.61 Å². The smallest absolute Gasteiger partial charge is 0.0722 e. The van der Waals surface area contributed by atoms with Crippen molar-refractivity contribution in [1.29, 1.82) is 0 Å². The molecule has 1 aromatic heterocycles. The van der Waals surface area contributed by atoms with Crippen LogP contribution in [-0.4, -0.2) is 28.5 Å². The molecule has 1 heterocycles. The summed E-state index contributed by atoms with van der Waals surface area (Å²) in [7, 11) is 2.00. The van der Waals surface area contributed by atoms with Crippen molar-refractivity contribution < 1.29 is 4.74 Å².